The Kier molecular flexibility index (Phi) is 5.16. The minimum absolute atomic E-state index is 0.167. The van der Waals surface area contributed by atoms with E-state index < -0.39 is 5.41 Å². The maximum absolute atomic E-state index is 9.50. The molecule has 1 atom stereocenters. The summed E-state index contributed by atoms with van der Waals surface area (Å²) < 4.78 is 0. The molecule has 1 aromatic carbocycles. The molecule has 0 saturated heterocycles. The van der Waals surface area contributed by atoms with E-state index in [1.165, 1.54) is 0 Å². The highest BCUT2D eigenvalue weighted by Crippen LogP contribution is 2.43. The predicted molar refractivity (Wildman–Crippen MR) is 77.5 cm³/mol. The van der Waals surface area contributed by atoms with Crippen LogP contribution >= 0.6 is 11.6 Å². The number of hydrogen-bond donors (Lipinski definition) is 0. The van der Waals surface area contributed by atoms with Crippen molar-refractivity contribution in [3.63, 3.8) is 0 Å². The van der Waals surface area contributed by atoms with Gasteiger partial charge >= 0.3 is 0 Å². The molecule has 0 amide bonds. The molecule has 0 aliphatic carbocycles. The van der Waals surface area contributed by atoms with Crippen molar-refractivity contribution in [2.75, 3.05) is 0 Å². The van der Waals surface area contributed by atoms with Gasteiger partial charge in [0.25, 0.3) is 0 Å². The van der Waals surface area contributed by atoms with Crippen LogP contribution in [0.4, 0.5) is 0 Å². The second-order valence-electron chi connectivity index (χ2n) is 4.96. The van der Waals surface area contributed by atoms with Gasteiger partial charge in [0.2, 0.25) is 0 Å². The molecule has 0 aliphatic heterocycles. The summed E-state index contributed by atoms with van der Waals surface area (Å²) in [4.78, 5) is 0. The predicted octanol–water partition coefficient (Wildman–Crippen LogP) is 4.69. The third-order valence-electron chi connectivity index (χ3n) is 3.29. The smallest absolute Gasteiger partial charge is 0.154 e. The molecular formula is C16H17ClN2. The summed E-state index contributed by atoms with van der Waals surface area (Å²) in [6.07, 6.45) is 1.99. The highest BCUT2D eigenvalue weighted by atomic mass is 35.5. The number of allylic oxidation sites excluding steroid dienone is 1. The number of rotatable bonds is 5. The number of hydrogen-bond acceptors (Lipinski definition) is 2. The lowest BCUT2D eigenvalue weighted by Gasteiger charge is -2.32. The Morgan fingerprint density at radius 3 is 2.16 bits per heavy atom. The fraction of sp³-hybridized carbons (Fsp3) is 0.375. The second-order valence-corrected chi connectivity index (χ2v) is 5.40. The van der Waals surface area contributed by atoms with E-state index in [4.69, 9.17) is 11.6 Å². The van der Waals surface area contributed by atoms with Crippen LogP contribution in [0.1, 0.15) is 31.7 Å². The van der Waals surface area contributed by atoms with Crippen LogP contribution < -0.4 is 0 Å². The van der Waals surface area contributed by atoms with Crippen LogP contribution in [0.5, 0.6) is 0 Å². The van der Waals surface area contributed by atoms with Gasteiger partial charge in [-0.2, -0.15) is 10.5 Å². The van der Waals surface area contributed by atoms with Crippen LogP contribution in [0.25, 0.3) is 0 Å². The largest absolute Gasteiger partial charge is 0.197 e. The molecule has 0 saturated carbocycles. The first-order valence-electron chi connectivity index (χ1n) is 6.19. The number of nitriles is 2. The molecule has 0 heterocycles. The molecule has 3 heteroatoms. The second kappa shape index (κ2) is 6.41. The SMILES string of the molecule is C=CCC(C#N)(C#N)C(c1ccc(Cl)cc1)C(C)C. The zero-order chi connectivity index (χ0) is 14.5. The van der Waals surface area contributed by atoms with Crippen molar-refractivity contribution in [1.82, 2.24) is 0 Å². The summed E-state index contributed by atoms with van der Waals surface area (Å²) in [6, 6.07) is 11.8. The van der Waals surface area contributed by atoms with E-state index in [0.29, 0.717) is 11.4 Å². The van der Waals surface area contributed by atoms with Gasteiger partial charge in [-0.15, -0.1) is 6.58 Å². The monoisotopic (exact) mass is 272 g/mol. The van der Waals surface area contributed by atoms with Crippen LogP contribution in [0.15, 0.2) is 36.9 Å². The van der Waals surface area contributed by atoms with E-state index in [1.54, 1.807) is 18.2 Å². The van der Waals surface area contributed by atoms with Gasteiger partial charge in [0.15, 0.2) is 5.41 Å². The van der Waals surface area contributed by atoms with Crippen molar-refractivity contribution in [3.05, 3.63) is 47.5 Å². The van der Waals surface area contributed by atoms with Gasteiger partial charge < -0.3 is 0 Å². The Labute approximate surface area is 119 Å². The topological polar surface area (TPSA) is 47.6 Å². The average Bonchev–Trinajstić information content (AvgIpc) is 2.40. The summed E-state index contributed by atoms with van der Waals surface area (Å²) in [6.45, 7) is 7.71. The molecule has 98 valence electrons. The third kappa shape index (κ3) is 3.16. The zero-order valence-electron chi connectivity index (χ0n) is 11.2. The summed E-state index contributed by atoms with van der Waals surface area (Å²) in [5, 5.41) is 19.6. The van der Waals surface area contributed by atoms with Gasteiger partial charge in [0.1, 0.15) is 0 Å². The van der Waals surface area contributed by atoms with E-state index in [2.05, 4.69) is 18.7 Å². The highest BCUT2D eigenvalue weighted by Gasteiger charge is 2.41. The van der Waals surface area contributed by atoms with E-state index in [1.807, 2.05) is 26.0 Å². The van der Waals surface area contributed by atoms with Gasteiger partial charge in [0.05, 0.1) is 12.1 Å². The minimum Gasteiger partial charge on any atom is -0.197 e. The molecule has 0 spiro atoms. The normalized spacial score (nSPS) is 12.5. The molecule has 0 aliphatic rings. The lowest BCUT2D eigenvalue weighted by Crippen LogP contribution is -2.29. The Balaban J connectivity index is 3.35. The Bertz CT molecular complexity index is 503. The summed E-state index contributed by atoms with van der Waals surface area (Å²) in [5.41, 5.74) is -0.117. The third-order valence-corrected chi connectivity index (χ3v) is 3.54. The lowest BCUT2D eigenvalue weighted by atomic mass is 9.67. The van der Waals surface area contributed by atoms with Gasteiger partial charge in [-0.05, 0) is 30.0 Å². The number of benzene rings is 1. The van der Waals surface area contributed by atoms with Crippen LogP contribution in [-0.2, 0) is 0 Å². The quantitative estimate of drug-likeness (QED) is 0.730. The molecule has 1 unspecified atom stereocenters. The summed E-state index contributed by atoms with van der Waals surface area (Å²) in [5.74, 6) is -0.00167. The van der Waals surface area contributed by atoms with Crippen molar-refractivity contribution >= 4 is 11.6 Å². The Morgan fingerprint density at radius 1 is 1.26 bits per heavy atom. The van der Waals surface area contributed by atoms with Crippen LogP contribution in [0, 0.1) is 34.0 Å². The molecule has 0 aromatic heterocycles. The van der Waals surface area contributed by atoms with E-state index >= 15 is 0 Å². The number of nitrogens with zero attached hydrogens (tertiary/aromatic N) is 2. The first kappa shape index (κ1) is 15.3. The van der Waals surface area contributed by atoms with Crippen LogP contribution in [-0.4, -0.2) is 0 Å². The summed E-state index contributed by atoms with van der Waals surface area (Å²) >= 11 is 5.89. The molecule has 19 heavy (non-hydrogen) atoms. The zero-order valence-corrected chi connectivity index (χ0v) is 12.0. The molecule has 2 nitrogen and oxygen atoms in total. The van der Waals surface area contributed by atoms with Crippen molar-refractivity contribution in [1.29, 1.82) is 10.5 Å². The summed E-state index contributed by atoms with van der Waals surface area (Å²) in [7, 11) is 0. The van der Waals surface area contributed by atoms with Crippen molar-refractivity contribution in [2.24, 2.45) is 11.3 Å². The van der Waals surface area contributed by atoms with Crippen LogP contribution in [0.3, 0.4) is 0 Å². The van der Waals surface area contributed by atoms with E-state index in [9.17, 15) is 10.5 Å². The van der Waals surface area contributed by atoms with Crippen molar-refractivity contribution in [2.45, 2.75) is 26.2 Å². The van der Waals surface area contributed by atoms with Gasteiger partial charge in [-0.1, -0.05) is 43.7 Å². The molecule has 0 fully saturated rings. The van der Waals surface area contributed by atoms with Crippen molar-refractivity contribution < 1.29 is 0 Å². The first-order chi connectivity index (χ1) is 9.00. The Hall–Kier alpha value is -1.77. The molecule has 0 radical (unpaired) electrons. The van der Waals surface area contributed by atoms with Crippen molar-refractivity contribution in [3.8, 4) is 12.1 Å². The molecule has 0 N–H and O–H groups in total. The molecule has 1 rings (SSSR count). The lowest BCUT2D eigenvalue weighted by molar-refractivity contribution is 0.329. The number of halogens is 1. The van der Waals surface area contributed by atoms with Crippen LogP contribution in [0.2, 0.25) is 5.02 Å². The van der Waals surface area contributed by atoms with E-state index in [-0.39, 0.29) is 11.8 Å². The highest BCUT2D eigenvalue weighted by molar-refractivity contribution is 6.30. The van der Waals surface area contributed by atoms with Gasteiger partial charge in [-0.3, -0.25) is 0 Å². The molecular weight excluding hydrogens is 256 g/mol. The minimum atomic E-state index is -1.08. The van der Waals surface area contributed by atoms with Gasteiger partial charge in [0, 0.05) is 10.9 Å². The maximum Gasteiger partial charge on any atom is 0.154 e. The Morgan fingerprint density at radius 2 is 1.79 bits per heavy atom. The maximum atomic E-state index is 9.50. The molecule has 0 bridgehead atoms. The first-order valence-corrected chi connectivity index (χ1v) is 6.57. The van der Waals surface area contributed by atoms with Gasteiger partial charge in [-0.25, -0.2) is 0 Å². The molecule has 1 aromatic rings. The fourth-order valence-corrected chi connectivity index (χ4v) is 2.64. The average molecular weight is 273 g/mol. The fourth-order valence-electron chi connectivity index (χ4n) is 2.52. The van der Waals surface area contributed by atoms with E-state index in [0.717, 1.165) is 5.56 Å². The standard InChI is InChI=1S/C16H17ClN2/c1-4-9-16(10-18,11-19)15(12(2)3)13-5-7-14(17)8-6-13/h4-8,12,15H,1,9H2,2-3H3.